The van der Waals surface area contributed by atoms with Crippen LogP contribution in [-0.4, -0.2) is 45.5 Å². The van der Waals surface area contributed by atoms with Crippen LogP contribution in [0, 0.1) is 0 Å². The number of hydrogen-bond donors (Lipinski definition) is 1. The molecule has 0 saturated carbocycles. The second kappa shape index (κ2) is 7.42. The van der Waals surface area contributed by atoms with Gasteiger partial charge in [-0.15, -0.1) is 10.2 Å². The molecule has 134 valence electrons. The second-order valence-electron chi connectivity index (χ2n) is 5.93. The van der Waals surface area contributed by atoms with Crippen molar-refractivity contribution >= 4 is 6.03 Å². The van der Waals surface area contributed by atoms with E-state index in [4.69, 9.17) is 9.47 Å². The van der Waals surface area contributed by atoms with Crippen LogP contribution in [0.5, 0.6) is 11.5 Å². The van der Waals surface area contributed by atoms with E-state index in [0.717, 1.165) is 17.1 Å². The second-order valence-corrected chi connectivity index (χ2v) is 5.93. The van der Waals surface area contributed by atoms with Crippen LogP contribution in [0.4, 0.5) is 4.79 Å². The van der Waals surface area contributed by atoms with Gasteiger partial charge < -0.3 is 24.3 Å². The Morgan fingerprint density at radius 2 is 2.20 bits per heavy atom. The normalized spacial score (nSPS) is 14.0. The zero-order chi connectivity index (χ0) is 17.8. The summed E-state index contributed by atoms with van der Waals surface area (Å²) in [5.74, 6) is 2.16. The highest BCUT2D eigenvalue weighted by Gasteiger charge is 2.21. The summed E-state index contributed by atoms with van der Waals surface area (Å²) in [6, 6.07) is 5.35. The number of fused-ring (bicyclic) bond motifs is 1. The number of carbonyl (C=O) groups is 1. The van der Waals surface area contributed by atoms with Crippen LogP contribution in [0.25, 0.3) is 0 Å². The molecule has 2 heterocycles. The fourth-order valence-electron chi connectivity index (χ4n) is 2.82. The largest absolute Gasteiger partial charge is 0.486 e. The molecule has 0 fully saturated rings. The maximum atomic E-state index is 12.6. The van der Waals surface area contributed by atoms with E-state index in [9.17, 15) is 4.79 Å². The number of ether oxygens (including phenoxy) is 2. The van der Waals surface area contributed by atoms with Crippen molar-refractivity contribution in [2.45, 2.75) is 26.4 Å². The van der Waals surface area contributed by atoms with E-state index < -0.39 is 0 Å². The molecule has 0 spiro atoms. The first kappa shape index (κ1) is 17.1. The molecule has 1 aromatic heterocycles. The molecular weight excluding hydrogens is 322 g/mol. The number of hydrogen-bond acceptors (Lipinski definition) is 5. The van der Waals surface area contributed by atoms with Gasteiger partial charge in [-0.1, -0.05) is 12.1 Å². The number of para-hydroxylation sites is 1. The molecule has 0 bridgehead atoms. The predicted octanol–water partition coefficient (Wildman–Crippen LogP) is 1.88. The number of nitrogens with one attached hydrogen (secondary N) is 1. The number of aryl methyl sites for hydroxylation is 1. The SMILES string of the molecule is CCN(Cc1cccc2c1OCCO2)C(=O)NC(C)c1nncn1C. The molecule has 0 saturated heterocycles. The third-order valence-electron chi connectivity index (χ3n) is 4.15. The Hall–Kier alpha value is -2.77. The van der Waals surface area contributed by atoms with Crippen LogP contribution in [0.15, 0.2) is 24.5 Å². The van der Waals surface area contributed by atoms with Crippen molar-refractivity contribution in [3.8, 4) is 11.5 Å². The van der Waals surface area contributed by atoms with Crippen molar-refractivity contribution in [1.29, 1.82) is 0 Å². The number of amides is 2. The summed E-state index contributed by atoms with van der Waals surface area (Å²) in [5, 5.41) is 10.9. The van der Waals surface area contributed by atoms with E-state index in [1.165, 1.54) is 0 Å². The summed E-state index contributed by atoms with van der Waals surface area (Å²) in [6.07, 6.45) is 1.61. The molecule has 25 heavy (non-hydrogen) atoms. The minimum Gasteiger partial charge on any atom is -0.486 e. The first-order valence-electron chi connectivity index (χ1n) is 8.37. The zero-order valence-corrected chi connectivity index (χ0v) is 14.7. The zero-order valence-electron chi connectivity index (χ0n) is 14.7. The molecule has 1 aliphatic rings. The molecule has 0 aliphatic carbocycles. The van der Waals surface area contributed by atoms with Crippen molar-refractivity contribution in [3.63, 3.8) is 0 Å². The monoisotopic (exact) mass is 345 g/mol. The van der Waals surface area contributed by atoms with Gasteiger partial charge in [0.25, 0.3) is 0 Å². The first-order valence-corrected chi connectivity index (χ1v) is 8.37. The van der Waals surface area contributed by atoms with Crippen LogP contribution in [0.2, 0.25) is 0 Å². The molecule has 8 heteroatoms. The van der Waals surface area contributed by atoms with Gasteiger partial charge in [-0.2, -0.15) is 0 Å². The minimum absolute atomic E-state index is 0.160. The van der Waals surface area contributed by atoms with Crippen LogP contribution in [-0.2, 0) is 13.6 Å². The number of rotatable bonds is 5. The van der Waals surface area contributed by atoms with Crippen LogP contribution in [0.1, 0.15) is 31.3 Å². The molecule has 3 rings (SSSR count). The quantitative estimate of drug-likeness (QED) is 0.895. The van der Waals surface area contributed by atoms with Crippen molar-refractivity contribution in [1.82, 2.24) is 25.0 Å². The molecule has 1 aromatic carbocycles. The van der Waals surface area contributed by atoms with Gasteiger partial charge in [0.15, 0.2) is 17.3 Å². The summed E-state index contributed by atoms with van der Waals surface area (Å²) in [4.78, 5) is 14.4. The van der Waals surface area contributed by atoms with Crippen molar-refractivity contribution < 1.29 is 14.3 Å². The Morgan fingerprint density at radius 3 is 2.92 bits per heavy atom. The van der Waals surface area contributed by atoms with Crippen molar-refractivity contribution in [2.75, 3.05) is 19.8 Å². The summed E-state index contributed by atoms with van der Waals surface area (Å²) in [5.41, 5.74) is 0.931. The molecule has 1 aliphatic heterocycles. The van der Waals surface area contributed by atoms with E-state index in [1.807, 2.05) is 39.1 Å². The third-order valence-corrected chi connectivity index (χ3v) is 4.15. The van der Waals surface area contributed by atoms with E-state index in [-0.39, 0.29) is 12.1 Å². The number of aromatic nitrogens is 3. The average Bonchev–Trinajstić information content (AvgIpc) is 3.05. The average molecular weight is 345 g/mol. The maximum Gasteiger partial charge on any atom is 0.318 e. The van der Waals surface area contributed by atoms with E-state index in [1.54, 1.807) is 15.8 Å². The Labute approximate surface area is 146 Å². The number of nitrogens with zero attached hydrogens (tertiary/aromatic N) is 4. The highest BCUT2D eigenvalue weighted by Crippen LogP contribution is 2.34. The smallest absolute Gasteiger partial charge is 0.318 e. The van der Waals surface area contributed by atoms with E-state index >= 15 is 0 Å². The van der Waals surface area contributed by atoms with Gasteiger partial charge in [0.2, 0.25) is 0 Å². The first-order chi connectivity index (χ1) is 12.1. The fraction of sp³-hybridized carbons (Fsp3) is 0.471. The van der Waals surface area contributed by atoms with Crippen LogP contribution in [0.3, 0.4) is 0 Å². The van der Waals surface area contributed by atoms with E-state index in [2.05, 4.69) is 15.5 Å². The van der Waals surface area contributed by atoms with Gasteiger partial charge in [0, 0.05) is 19.2 Å². The standard InChI is InChI=1S/C17H23N5O3/c1-4-22(17(23)19-12(2)16-20-18-11-21(16)3)10-13-6-5-7-14-15(13)25-9-8-24-14/h5-7,11-12H,4,8-10H2,1-3H3,(H,19,23). The lowest BCUT2D eigenvalue weighted by Gasteiger charge is -2.26. The third kappa shape index (κ3) is 3.67. The van der Waals surface area contributed by atoms with E-state index in [0.29, 0.717) is 32.1 Å². The van der Waals surface area contributed by atoms with Gasteiger partial charge in [-0.05, 0) is 19.9 Å². The molecule has 1 unspecified atom stereocenters. The van der Waals surface area contributed by atoms with Gasteiger partial charge in [0.05, 0.1) is 12.6 Å². The molecule has 2 amide bonds. The Bertz CT molecular complexity index is 746. The summed E-state index contributed by atoms with van der Waals surface area (Å²) in [6.45, 7) is 5.91. The van der Waals surface area contributed by atoms with Gasteiger partial charge >= 0.3 is 6.03 Å². The van der Waals surface area contributed by atoms with Gasteiger partial charge in [0.1, 0.15) is 19.5 Å². The van der Waals surface area contributed by atoms with Gasteiger partial charge in [-0.3, -0.25) is 0 Å². The Kier molecular flexibility index (Phi) is 5.06. The lowest BCUT2D eigenvalue weighted by Crippen LogP contribution is -2.41. The predicted molar refractivity (Wildman–Crippen MR) is 91.5 cm³/mol. The highest BCUT2D eigenvalue weighted by molar-refractivity contribution is 5.74. The summed E-state index contributed by atoms with van der Waals surface area (Å²) in [7, 11) is 1.85. The number of benzene rings is 1. The Morgan fingerprint density at radius 1 is 1.40 bits per heavy atom. The van der Waals surface area contributed by atoms with Crippen molar-refractivity contribution in [2.24, 2.45) is 7.05 Å². The summed E-state index contributed by atoms with van der Waals surface area (Å²) >= 11 is 0. The fourth-order valence-corrected chi connectivity index (χ4v) is 2.82. The topological polar surface area (TPSA) is 81.5 Å². The highest BCUT2D eigenvalue weighted by atomic mass is 16.6. The lowest BCUT2D eigenvalue weighted by atomic mass is 10.1. The molecule has 1 N–H and O–H groups in total. The van der Waals surface area contributed by atoms with Gasteiger partial charge in [-0.25, -0.2) is 4.79 Å². The molecule has 0 radical (unpaired) electrons. The molecule has 1 atom stereocenters. The maximum absolute atomic E-state index is 12.6. The van der Waals surface area contributed by atoms with Crippen molar-refractivity contribution in [3.05, 3.63) is 35.9 Å². The van der Waals surface area contributed by atoms with Crippen LogP contribution < -0.4 is 14.8 Å². The lowest BCUT2D eigenvalue weighted by molar-refractivity contribution is 0.166. The minimum atomic E-state index is -0.238. The summed E-state index contributed by atoms with van der Waals surface area (Å²) < 4.78 is 13.1. The molecule has 2 aromatic rings. The molecule has 8 nitrogen and oxygen atoms in total. The number of carbonyl (C=O) groups excluding carboxylic acids is 1. The van der Waals surface area contributed by atoms with Crippen LogP contribution >= 0.6 is 0 Å². The Balaban J connectivity index is 1.70. The molecular formula is C17H23N5O3. The number of urea groups is 1.